The lowest BCUT2D eigenvalue weighted by atomic mass is 9.96. The van der Waals surface area contributed by atoms with Crippen LogP contribution in [0.25, 0.3) is 5.52 Å². The highest BCUT2D eigenvalue weighted by molar-refractivity contribution is 5.95. The molecule has 0 bridgehead atoms. The molecular formula is C16H21N3O2. The quantitative estimate of drug-likeness (QED) is 0.877. The number of esters is 1. The largest absolute Gasteiger partial charge is 0.464 e. The van der Waals surface area contributed by atoms with Crippen molar-refractivity contribution < 1.29 is 9.53 Å². The van der Waals surface area contributed by atoms with Gasteiger partial charge in [-0.2, -0.15) is 0 Å². The Balaban J connectivity index is 2.00. The molecule has 3 heterocycles. The van der Waals surface area contributed by atoms with Gasteiger partial charge in [-0.05, 0) is 50.4 Å². The van der Waals surface area contributed by atoms with Crippen LogP contribution < -0.4 is 5.32 Å². The maximum Gasteiger partial charge on any atom is 0.358 e. The van der Waals surface area contributed by atoms with Crippen molar-refractivity contribution in [3.63, 3.8) is 0 Å². The van der Waals surface area contributed by atoms with Gasteiger partial charge in [-0.3, -0.25) is 0 Å². The summed E-state index contributed by atoms with van der Waals surface area (Å²) >= 11 is 0. The highest BCUT2D eigenvalue weighted by atomic mass is 16.5. The minimum absolute atomic E-state index is 0.371. The number of aromatic nitrogens is 2. The van der Waals surface area contributed by atoms with Crippen molar-refractivity contribution in [2.75, 3.05) is 20.2 Å². The van der Waals surface area contributed by atoms with Crippen LogP contribution in [0.5, 0.6) is 0 Å². The number of rotatable bonds is 3. The lowest BCUT2D eigenvalue weighted by Crippen LogP contribution is -2.31. The monoisotopic (exact) mass is 287 g/mol. The number of methoxy groups -OCH3 is 1. The van der Waals surface area contributed by atoms with E-state index in [1.165, 1.54) is 20.0 Å². The lowest BCUT2D eigenvalue weighted by molar-refractivity contribution is 0.0596. The topological polar surface area (TPSA) is 55.6 Å². The molecular weight excluding hydrogens is 266 g/mol. The van der Waals surface area contributed by atoms with Gasteiger partial charge < -0.3 is 14.5 Å². The average Bonchev–Trinajstić information content (AvgIpc) is 2.85. The Bertz CT molecular complexity index is 657. The van der Waals surface area contributed by atoms with E-state index in [2.05, 4.69) is 10.3 Å². The first-order valence-corrected chi connectivity index (χ1v) is 7.45. The number of carbonyl (C=O) groups is 1. The Morgan fingerprint density at radius 3 is 3.10 bits per heavy atom. The second kappa shape index (κ2) is 5.85. The van der Waals surface area contributed by atoms with Gasteiger partial charge in [0, 0.05) is 12.6 Å². The van der Waals surface area contributed by atoms with Crippen molar-refractivity contribution in [1.29, 1.82) is 0 Å². The number of ether oxygens (including phenoxy) is 1. The number of fused-ring (bicyclic) bond motifs is 1. The molecule has 2 aromatic rings. The Kier molecular flexibility index (Phi) is 3.92. The minimum Gasteiger partial charge on any atom is -0.464 e. The molecule has 1 aliphatic rings. The number of nitrogens with zero attached hydrogens (tertiary/aromatic N) is 2. The van der Waals surface area contributed by atoms with E-state index >= 15 is 0 Å². The van der Waals surface area contributed by atoms with E-state index in [0.29, 0.717) is 11.6 Å². The zero-order valence-electron chi connectivity index (χ0n) is 12.6. The van der Waals surface area contributed by atoms with Crippen LogP contribution in [-0.2, 0) is 11.2 Å². The van der Waals surface area contributed by atoms with Crippen molar-refractivity contribution in [3.05, 3.63) is 35.4 Å². The van der Waals surface area contributed by atoms with Gasteiger partial charge in [-0.25, -0.2) is 9.78 Å². The van der Waals surface area contributed by atoms with E-state index in [4.69, 9.17) is 4.74 Å². The smallest absolute Gasteiger partial charge is 0.358 e. The number of aryl methyl sites for hydroxylation is 1. The minimum atomic E-state index is -0.371. The third-order valence-corrected chi connectivity index (χ3v) is 4.11. The highest BCUT2D eigenvalue weighted by Gasteiger charge is 2.21. The predicted octanol–water partition coefficient (Wildman–Crippen LogP) is 1.97. The number of piperidine rings is 1. The maximum absolute atomic E-state index is 11.9. The molecule has 1 unspecified atom stereocenters. The van der Waals surface area contributed by atoms with E-state index < -0.39 is 0 Å². The van der Waals surface area contributed by atoms with Crippen LogP contribution >= 0.6 is 0 Å². The molecule has 1 fully saturated rings. The summed E-state index contributed by atoms with van der Waals surface area (Å²) in [6.45, 7) is 4.17. The third kappa shape index (κ3) is 2.78. The third-order valence-electron chi connectivity index (χ3n) is 4.11. The van der Waals surface area contributed by atoms with Crippen LogP contribution in [0.3, 0.4) is 0 Å². The van der Waals surface area contributed by atoms with Gasteiger partial charge in [0.1, 0.15) is 5.82 Å². The molecule has 2 aromatic heterocycles. The number of hydrogen-bond acceptors (Lipinski definition) is 4. The molecule has 0 saturated carbocycles. The van der Waals surface area contributed by atoms with E-state index in [1.807, 2.05) is 29.7 Å². The standard InChI is InChI=1S/C16H21N3O2/c1-11-5-6-13-15(16(20)21-2)18-14(19(13)10-11)8-12-4-3-7-17-9-12/h5-6,10,12,17H,3-4,7-9H2,1-2H3. The first-order valence-electron chi connectivity index (χ1n) is 7.45. The second-order valence-electron chi connectivity index (χ2n) is 5.75. The van der Waals surface area contributed by atoms with E-state index in [9.17, 15) is 4.79 Å². The van der Waals surface area contributed by atoms with Crippen LogP contribution in [0.2, 0.25) is 0 Å². The molecule has 1 N–H and O–H groups in total. The van der Waals surface area contributed by atoms with E-state index in [-0.39, 0.29) is 5.97 Å². The fourth-order valence-electron chi connectivity index (χ4n) is 3.00. The Morgan fingerprint density at radius 2 is 2.38 bits per heavy atom. The summed E-state index contributed by atoms with van der Waals surface area (Å²) in [5.74, 6) is 1.16. The number of carbonyl (C=O) groups excluding carboxylic acids is 1. The molecule has 112 valence electrons. The Hall–Kier alpha value is -1.88. The first-order chi connectivity index (χ1) is 10.2. The van der Waals surface area contributed by atoms with E-state index in [1.54, 1.807) is 0 Å². The van der Waals surface area contributed by atoms with Crippen molar-refractivity contribution in [2.45, 2.75) is 26.2 Å². The molecule has 1 atom stereocenters. The van der Waals surface area contributed by atoms with Crippen LogP contribution in [0.1, 0.15) is 34.7 Å². The zero-order valence-corrected chi connectivity index (χ0v) is 12.6. The summed E-state index contributed by atoms with van der Waals surface area (Å²) in [5.41, 5.74) is 2.39. The van der Waals surface area contributed by atoms with Crippen LogP contribution in [-0.4, -0.2) is 35.6 Å². The van der Waals surface area contributed by atoms with Gasteiger partial charge in [-0.15, -0.1) is 0 Å². The van der Waals surface area contributed by atoms with Crippen molar-refractivity contribution in [2.24, 2.45) is 5.92 Å². The number of nitrogens with one attached hydrogen (secondary N) is 1. The van der Waals surface area contributed by atoms with Crippen LogP contribution in [0.15, 0.2) is 18.3 Å². The van der Waals surface area contributed by atoms with Gasteiger partial charge in [-0.1, -0.05) is 6.07 Å². The van der Waals surface area contributed by atoms with Gasteiger partial charge in [0.15, 0.2) is 5.69 Å². The van der Waals surface area contributed by atoms with Crippen LogP contribution in [0.4, 0.5) is 0 Å². The zero-order chi connectivity index (χ0) is 14.8. The molecule has 1 saturated heterocycles. The Labute approximate surface area is 124 Å². The molecule has 5 heteroatoms. The summed E-state index contributed by atoms with van der Waals surface area (Å²) in [5, 5.41) is 3.43. The summed E-state index contributed by atoms with van der Waals surface area (Å²) in [7, 11) is 1.40. The molecule has 5 nitrogen and oxygen atoms in total. The molecule has 0 spiro atoms. The molecule has 0 amide bonds. The van der Waals surface area contributed by atoms with Crippen molar-refractivity contribution in [1.82, 2.24) is 14.7 Å². The fraction of sp³-hybridized carbons (Fsp3) is 0.500. The summed E-state index contributed by atoms with van der Waals surface area (Å²) in [6.07, 6.45) is 5.34. The molecule has 1 aliphatic heterocycles. The maximum atomic E-state index is 11.9. The molecule has 3 rings (SSSR count). The van der Waals surface area contributed by atoms with Gasteiger partial charge >= 0.3 is 5.97 Å². The predicted molar refractivity (Wildman–Crippen MR) is 80.6 cm³/mol. The Morgan fingerprint density at radius 1 is 1.52 bits per heavy atom. The number of pyridine rings is 1. The molecule has 0 radical (unpaired) electrons. The second-order valence-corrected chi connectivity index (χ2v) is 5.75. The van der Waals surface area contributed by atoms with Crippen molar-refractivity contribution >= 4 is 11.5 Å². The first kappa shape index (κ1) is 14.1. The van der Waals surface area contributed by atoms with Gasteiger partial charge in [0.2, 0.25) is 0 Å². The summed E-state index contributed by atoms with van der Waals surface area (Å²) in [6, 6.07) is 3.94. The molecule has 21 heavy (non-hydrogen) atoms. The normalized spacial score (nSPS) is 18.9. The molecule has 0 aliphatic carbocycles. The summed E-state index contributed by atoms with van der Waals surface area (Å²) in [4.78, 5) is 16.5. The highest BCUT2D eigenvalue weighted by Crippen LogP contribution is 2.20. The molecule has 0 aromatic carbocycles. The van der Waals surface area contributed by atoms with Gasteiger partial charge in [0.25, 0.3) is 0 Å². The van der Waals surface area contributed by atoms with Gasteiger partial charge in [0.05, 0.1) is 12.6 Å². The van der Waals surface area contributed by atoms with Crippen LogP contribution in [0, 0.1) is 12.8 Å². The van der Waals surface area contributed by atoms with E-state index in [0.717, 1.165) is 36.4 Å². The number of imidazole rings is 1. The number of hydrogen-bond donors (Lipinski definition) is 1. The lowest BCUT2D eigenvalue weighted by Gasteiger charge is -2.22. The van der Waals surface area contributed by atoms with Crippen molar-refractivity contribution in [3.8, 4) is 0 Å². The fourth-order valence-corrected chi connectivity index (χ4v) is 3.00. The SMILES string of the molecule is COC(=O)c1nc(CC2CCCNC2)n2cc(C)ccc12. The summed E-state index contributed by atoms with van der Waals surface area (Å²) < 4.78 is 6.89. The average molecular weight is 287 g/mol.